The van der Waals surface area contributed by atoms with Gasteiger partial charge in [0.15, 0.2) is 5.82 Å². The highest BCUT2D eigenvalue weighted by atomic mass is 16.2. The van der Waals surface area contributed by atoms with Crippen LogP contribution in [0.5, 0.6) is 0 Å². The van der Waals surface area contributed by atoms with Crippen molar-refractivity contribution in [2.45, 2.75) is 13.5 Å². The Hall–Kier alpha value is -2.10. The Balaban J connectivity index is 2.01. The van der Waals surface area contributed by atoms with Crippen LogP contribution in [0.15, 0.2) is 36.5 Å². The smallest absolute Gasteiger partial charge is 0.287 e. The first-order valence-electron chi connectivity index (χ1n) is 5.49. The van der Waals surface area contributed by atoms with Gasteiger partial charge in [0.05, 0.1) is 5.69 Å². The van der Waals surface area contributed by atoms with Gasteiger partial charge in [0.2, 0.25) is 0 Å². The number of imidazole rings is 1. The maximum Gasteiger partial charge on any atom is 0.287 e. The predicted octanol–water partition coefficient (Wildman–Crippen LogP) is 1.66. The summed E-state index contributed by atoms with van der Waals surface area (Å²) < 4.78 is 1.73. The van der Waals surface area contributed by atoms with E-state index in [1.807, 2.05) is 50.5 Å². The zero-order chi connectivity index (χ0) is 12.3. The fraction of sp³-hybridized carbons (Fsp3) is 0.231. The molecular formula is C13H15N3O. The summed E-state index contributed by atoms with van der Waals surface area (Å²) in [5.41, 5.74) is 1.92. The molecule has 0 radical (unpaired) electrons. The number of nitrogens with one attached hydrogen (secondary N) is 1. The van der Waals surface area contributed by atoms with Gasteiger partial charge in [-0.2, -0.15) is 0 Å². The molecular weight excluding hydrogens is 214 g/mol. The molecule has 0 fully saturated rings. The molecule has 0 unspecified atom stereocenters. The van der Waals surface area contributed by atoms with E-state index in [9.17, 15) is 4.79 Å². The topological polar surface area (TPSA) is 46.9 Å². The van der Waals surface area contributed by atoms with Crippen molar-refractivity contribution in [2.24, 2.45) is 7.05 Å². The molecule has 4 nitrogen and oxygen atoms in total. The normalized spacial score (nSPS) is 10.2. The number of nitrogens with zero attached hydrogens (tertiary/aromatic N) is 2. The molecule has 1 aromatic heterocycles. The molecule has 0 aliphatic heterocycles. The van der Waals surface area contributed by atoms with Crippen LogP contribution in [0.4, 0.5) is 0 Å². The summed E-state index contributed by atoms with van der Waals surface area (Å²) in [5.74, 6) is 0.294. The van der Waals surface area contributed by atoms with Gasteiger partial charge in [-0.25, -0.2) is 4.98 Å². The van der Waals surface area contributed by atoms with Gasteiger partial charge in [0, 0.05) is 19.8 Å². The number of carbonyl (C=O) groups is 1. The molecule has 1 amide bonds. The van der Waals surface area contributed by atoms with Gasteiger partial charge in [0.25, 0.3) is 5.91 Å². The van der Waals surface area contributed by atoms with Gasteiger partial charge in [0.1, 0.15) is 0 Å². The Morgan fingerprint density at radius 1 is 1.35 bits per heavy atom. The Morgan fingerprint density at radius 3 is 2.65 bits per heavy atom. The Morgan fingerprint density at radius 2 is 2.06 bits per heavy atom. The molecule has 0 atom stereocenters. The lowest BCUT2D eigenvalue weighted by Gasteiger charge is -2.04. The summed E-state index contributed by atoms with van der Waals surface area (Å²) in [6.45, 7) is 2.39. The van der Waals surface area contributed by atoms with Gasteiger partial charge < -0.3 is 9.88 Å². The predicted molar refractivity (Wildman–Crippen MR) is 65.6 cm³/mol. The largest absolute Gasteiger partial charge is 0.345 e. The molecule has 4 heteroatoms. The van der Waals surface area contributed by atoms with Gasteiger partial charge >= 0.3 is 0 Å². The second-order valence-corrected chi connectivity index (χ2v) is 3.99. The van der Waals surface area contributed by atoms with Crippen molar-refractivity contribution in [3.63, 3.8) is 0 Å². The van der Waals surface area contributed by atoms with Crippen molar-refractivity contribution in [2.75, 3.05) is 0 Å². The summed E-state index contributed by atoms with van der Waals surface area (Å²) in [4.78, 5) is 16.0. The van der Waals surface area contributed by atoms with Crippen molar-refractivity contribution in [1.82, 2.24) is 14.9 Å². The third-order valence-electron chi connectivity index (χ3n) is 2.50. The number of carbonyl (C=O) groups excluding carboxylic acids is 1. The number of aryl methyl sites for hydroxylation is 2. The highest BCUT2D eigenvalue weighted by Gasteiger charge is 2.11. The molecule has 1 N–H and O–H groups in total. The molecule has 0 saturated carbocycles. The lowest BCUT2D eigenvalue weighted by molar-refractivity contribution is 0.0937. The molecule has 0 bridgehead atoms. The standard InChI is InChI=1S/C13H15N3O/c1-10-9-16(2)12(15-10)13(17)14-8-11-6-4-3-5-7-11/h3-7,9H,8H2,1-2H3,(H,14,17). The van der Waals surface area contributed by atoms with Crippen LogP contribution in [-0.4, -0.2) is 15.5 Å². The van der Waals surface area contributed by atoms with E-state index in [-0.39, 0.29) is 5.91 Å². The number of amides is 1. The number of hydrogen-bond donors (Lipinski definition) is 1. The number of benzene rings is 1. The molecule has 2 aromatic rings. The van der Waals surface area contributed by atoms with E-state index in [1.165, 1.54) is 0 Å². The lowest BCUT2D eigenvalue weighted by Crippen LogP contribution is -2.25. The van der Waals surface area contributed by atoms with Crippen molar-refractivity contribution in [3.8, 4) is 0 Å². The van der Waals surface area contributed by atoms with Crippen molar-refractivity contribution < 1.29 is 4.79 Å². The third kappa shape index (κ3) is 2.72. The van der Waals surface area contributed by atoms with Crippen LogP contribution in [0, 0.1) is 6.92 Å². The Kier molecular flexibility index (Phi) is 3.23. The van der Waals surface area contributed by atoms with Crippen LogP contribution in [0.3, 0.4) is 0 Å². The molecule has 1 heterocycles. The van der Waals surface area contributed by atoms with Gasteiger partial charge in [-0.05, 0) is 12.5 Å². The first-order valence-corrected chi connectivity index (χ1v) is 5.49. The SMILES string of the molecule is Cc1cn(C)c(C(=O)NCc2ccccc2)n1. The van der Waals surface area contributed by atoms with Crippen molar-refractivity contribution in [3.05, 3.63) is 53.6 Å². The van der Waals surface area contributed by atoms with Crippen molar-refractivity contribution >= 4 is 5.91 Å². The maximum absolute atomic E-state index is 11.9. The Bertz CT molecular complexity index is 517. The van der Waals surface area contributed by atoms with Crippen LogP contribution in [0.25, 0.3) is 0 Å². The quantitative estimate of drug-likeness (QED) is 0.870. The fourth-order valence-electron chi connectivity index (χ4n) is 1.68. The number of aromatic nitrogens is 2. The molecule has 0 spiro atoms. The first kappa shape index (κ1) is 11.4. The minimum atomic E-state index is -0.149. The molecule has 1 aromatic carbocycles. The number of rotatable bonds is 3. The molecule has 0 aliphatic carbocycles. The zero-order valence-corrected chi connectivity index (χ0v) is 9.97. The van der Waals surface area contributed by atoms with Crippen LogP contribution in [0.1, 0.15) is 21.9 Å². The summed E-state index contributed by atoms with van der Waals surface area (Å²) in [7, 11) is 1.82. The number of hydrogen-bond acceptors (Lipinski definition) is 2. The second kappa shape index (κ2) is 4.82. The Labute approximate surface area is 100 Å². The summed E-state index contributed by atoms with van der Waals surface area (Å²) >= 11 is 0. The summed E-state index contributed by atoms with van der Waals surface area (Å²) in [6, 6.07) is 9.81. The van der Waals surface area contributed by atoms with Gasteiger partial charge in [-0.15, -0.1) is 0 Å². The zero-order valence-electron chi connectivity index (χ0n) is 9.97. The highest BCUT2D eigenvalue weighted by Crippen LogP contribution is 2.01. The van der Waals surface area contributed by atoms with Crippen LogP contribution >= 0.6 is 0 Å². The van der Waals surface area contributed by atoms with Gasteiger partial charge in [-0.1, -0.05) is 30.3 Å². The van der Waals surface area contributed by atoms with E-state index in [4.69, 9.17) is 0 Å². The van der Waals surface area contributed by atoms with Crippen LogP contribution in [-0.2, 0) is 13.6 Å². The van der Waals surface area contributed by atoms with Crippen molar-refractivity contribution in [1.29, 1.82) is 0 Å². The minimum Gasteiger partial charge on any atom is -0.345 e. The fourth-order valence-corrected chi connectivity index (χ4v) is 1.68. The first-order chi connectivity index (χ1) is 8.16. The van der Waals surface area contributed by atoms with E-state index in [0.717, 1.165) is 11.3 Å². The van der Waals surface area contributed by atoms with E-state index >= 15 is 0 Å². The average molecular weight is 229 g/mol. The second-order valence-electron chi connectivity index (χ2n) is 3.99. The summed E-state index contributed by atoms with van der Waals surface area (Å²) in [5, 5.41) is 2.85. The monoisotopic (exact) mass is 229 g/mol. The van der Waals surface area contributed by atoms with Crippen LogP contribution < -0.4 is 5.32 Å². The molecule has 0 saturated heterocycles. The highest BCUT2D eigenvalue weighted by molar-refractivity contribution is 5.90. The maximum atomic E-state index is 11.9. The average Bonchev–Trinajstić information content (AvgIpc) is 2.67. The minimum absolute atomic E-state index is 0.149. The summed E-state index contributed by atoms with van der Waals surface area (Å²) in [6.07, 6.45) is 1.83. The van der Waals surface area contributed by atoms with E-state index < -0.39 is 0 Å². The molecule has 2 rings (SSSR count). The molecule has 17 heavy (non-hydrogen) atoms. The van der Waals surface area contributed by atoms with Crippen LogP contribution in [0.2, 0.25) is 0 Å². The van der Waals surface area contributed by atoms with E-state index in [2.05, 4.69) is 10.3 Å². The van der Waals surface area contributed by atoms with E-state index in [1.54, 1.807) is 4.57 Å². The lowest BCUT2D eigenvalue weighted by atomic mass is 10.2. The molecule has 0 aliphatic rings. The van der Waals surface area contributed by atoms with Gasteiger partial charge in [-0.3, -0.25) is 4.79 Å². The molecule has 88 valence electrons. The van der Waals surface area contributed by atoms with E-state index in [0.29, 0.717) is 12.4 Å². The third-order valence-corrected chi connectivity index (χ3v) is 2.50.